The zero-order chi connectivity index (χ0) is 17.5. The Hall–Kier alpha value is -1.06. The molecule has 0 heterocycles. The molecule has 0 bridgehead atoms. The van der Waals surface area contributed by atoms with Gasteiger partial charge in [0.2, 0.25) is 0 Å². The Morgan fingerprint density at radius 2 is 1.88 bits per heavy atom. The van der Waals surface area contributed by atoms with E-state index in [1.807, 2.05) is 31.2 Å². The van der Waals surface area contributed by atoms with Gasteiger partial charge in [-0.2, -0.15) is 0 Å². The maximum Gasteiger partial charge on any atom is 0.191 e. The molecule has 0 radical (unpaired) electrons. The van der Waals surface area contributed by atoms with Crippen LogP contribution >= 0.6 is 24.0 Å². The van der Waals surface area contributed by atoms with E-state index in [4.69, 9.17) is 14.2 Å². The van der Waals surface area contributed by atoms with E-state index in [2.05, 4.69) is 22.5 Å². The van der Waals surface area contributed by atoms with E-state index < -0.39 is 0 Å². The Morgan fingerprint density at radius 3 is 2.60 bits per heavy atom. The highest BCUT2D eigenvalue weighted by molar-refractivity contribution is 14.0. The molecule has 1 aromatic rings. The monoisotopic (exact) mass is 465 g/mol. The standard InChI is InChI=1S/C18H31N3O3.HI/c1-4-19-18(20-10-7-12-23-15-14-22-3)21-11-13-24-17-9-6-5-8-16(17)2;/h5-6,8-9H,4,7,10-15H2,1-3H3,(H2,19,20,21);1H. The summed E-state index contributed by atoms with van der Waals surface area (Å²) in [6, 6.07) is 8.02. The molecule has 0 aromatic heterocycles. The number of guanidine groups is 1. The Labute approximate surface area is 168 Å². The van der Waals surface area contributed by atoms with E-state index in [1.165, 1.54) is 0 Å². The number of methoxy groups -OCH3 is 1. The van der Waals surface area contributed by atoms with Gasteiger partial charge >= 0.3 is 0 Å². The van der Waals surface area contributed by atoms with Crippen molar-refractivity contribution in [3.05, 3.63) is 29.8 Å². The number of aliphatic imine (C=N–C) groups is 1. The van der Waals surface area contributed by atoms with Crippen molar-refractivity contribution in [3.8, 4) is 5.75 Å². The van der Waals surface area contributed by atoms with Gasteiger partial charge in [-0.25, -0.2) is 0 Å². The van der Waals surface area contributed by atoms with Crippen molar-refractivity contribution in [2.24, 2.45) is 4.99 Å². The average molecular weight is 465 g/mol. The highest BCUT2D eigenvalue weighted by atomic mass is 127. The second kappa shape index (κ2) is 16.4. The predicted octanol–water partition coefficient (Wildman–Crippen LogP) is 2.60. The molecule has 0 unspecified atom stereocenters. The Bertz CT molecular complexity index is 473. The highest BCUT2D eigenvalue weighted by Crippen LogP contribution is 2.15. The number of ether oxygens (including phenoxy) is 3. The predicted molar refractivity (Wildman–Crippen MR) is 113 cm³/mol. The molecule has 0 atom stereocenters. The summed E-state index contributed by atoms with van der Waals surface area (Å²) in [7, 11) is 1.67. The van der Waals surface area contributed by atoms with Crippen LogP contribution in [0.2, 0.25) is 0 Å². The van der Waals surface area contributed by atoms with E-state index >= 15 is 0 Å². The van der Waals surface area contributed by atoms with Gasteiger partial charge in [-0.05, 0) is 31.9 Å². The fourth-order valence-electron chi connectivity index (χ4n) is 1.99. The van der Waals surface area contributed by atoms with Crippen LogP contribution in [-0.4, -0.2) is 59.1 Å². The van der Waals surface area contributed by atoms with E-state index in [9.17, 15) is 0 Å². The summed E-state index contributed by atoms with van der Waals surface area (Å²) in [5, 5.41) is 6.50. The van der Waals surface area contributed by atoms with Crippen LogP contribution in [0.15, 0.2) is 29.3 Å². The van der Waals surface area contributed by atoms with Gasteiger partial charge in [-0.3, -0.25) is 4.99 Å². The molecule has 1 rings (SSSR count). The third-order valence-electron chi connectivity index (χ3n) is 3.24. The van der Waals surface area contributed by atoms with E-state index in [0.717, 1.165) is 36.8 Å². The molecule has 0 saturated carbocycles. The Kier molecular flexibility index (Phi) is 15.7. The number of benzene rings is 1. The van der Waals surface area contributed by atoms with Crippen LogP contribution < -0.4 is 15.4 Å². The minimum absolute atomic E-state index is 0. The normalized spacial score (nSPS) is 10.9. The van der Waals surface area contributed by atoms with Crippen LogP contribution in [0.4, 0.5) is 0 Å². The number of aryl methyl sites for hydroxylation is 1. The van der Waals surface area contributed by atoms with Crippen molar-refractivity contribution in [1.82, 2.24) is 10.6 Å². The number of hydrogen-bond donors (Lipinski definition) is 2. The second-order valence-corrected chi connectivity index (χ2v) is 5.26. The lowest BCUT2D eigenvalue weighted by Gasteiger charge is -2.13. The summed E-state index contributed by atoms with van der Waals surface area (Å²) in [4.78, 5) is 4.52. The summed E-state index contributed by atoms with van der Waals surface area (Å²) in [6.07, 6.45) is 0.889. The van der Waals surface area contributed by atoms with E-state index in [0.29, 0.717) is 33.0 Å². The van der Waals surface area contributed by atoms with Crippen molar-refractivity contribution in [2.75, 3.05) is 53.2 Å². The molecule has 1 aromatic carbocycles. The number of hydrogen-bond acceptors (Lipinski definition) is 4. The smallest absolute Gasteiger partial charge is 0.191 e. The van der Waals surface area contributed by atoms with Gasteiger partial charge in [0.1, 0.15) is 12.4 Å². The number of para-hydroxylation sites is 1. The van der Waals surface area contributed by atoms with Crippen molar-refractivity contribution < 1.29 is 14.2 Å². The highest BCUT2D eigenvalue weighted by Gasteiger charge is 1.99. The topological polar surface area (TPSA) is 64.1 Å². The molecule has 0 fully saturated rings. The van der Waals surface area contributed by atoms with Crippen molar-refractivity contribution in [3.63, 3.8) is 0 Å². The van der Waals surface area contributed by atoms with Crippen LogP contribution in [0.25, 0.3) is 0 Å². The largest absolute Gasteiger partial charge is 0.491 e. The van der Waals surface area contributed by atoms with Crippen molar-refractivity contribution in [1.29, 1.82) is 0 Å². The van der Waals surface area contributed by atoms with E-state index in [-0.39, 0.29) is 24.0 Å². The van der Waals surface area contributed by atoms with Gasteiger partial charge in [0.05, 0.1) is 19.8 Å². The summed E-state index contributed by atoms with van der Waals surface area (Å²) in [5.41, 5.74) is 1.14. The molecule has 0 aliphatic carbocycles. The number of rotatable bonds is 12. The molecule has 0 spiro atoms. The lowest BCUT2D eigenvalue weighted by Crippen LogP contribution is -2.39. The molecule has 2 N–H and O–H groups in total. The maximum atomic E-state index is 5.77. The molecule has 7 heteroatoms. The first-order chi connectivity index (χ1) is 11.8. The molecule has 25 heavy (non-hydrogen) atoms. The fourth-order valence-corrected chi connectivity index (χ4v) is 1.99. The first kappa shape index (κ1) is 23.9. The van der Waals surface area contributed by atoms with Gasteiger partial charge in [0.25, 0.3) is 0 Å². The molecule has 0 saturated heterocycles. The Morgan fingerprint density at radius 1 is 1.08 bits per heavy atom. The van der Waals surface area contributed by atoms with Gasteiger partial charge < -0.3 is 24.8 Å². The van der Waals surface area contributed by atoms with Gasteiger partial charge in [0, 0.05) is 26.8 Å². The summed E-state index contributed by atoms with van der Waals surface area (Å²) >= 11 is 0. The zero-order valence-corrected chi connectivity index (χ0v) is 17.9. The van der Waals surface area contributed by atoms with Gasteiger partial charge in [-0.15, -0.1) is 24.0 Å². The minimum Gasteiger partial charge on any atom is -0.491 e. The third kappa shape index (κ3) is 12.0. The maximum absolute atomic E-state index is 5.77. The average Bonchev–Trinajstić information content (AvgIpc) is 2.59. The SMILES string of the molecule is CCNC(=NCCCOCCOC)NCCOc1ccccc1C.I. The molecule has 6 nitrogen and oxygen atoms in total. The lowest BCUT2D eigenvalue weighted by atomic mass is 10.2. The number of halogens is 1. The van der Waals surface area contributed by atoms with Crippen LogP contribution in [0.5, 0.6) is 5.75 Å². The molecular weight excluding hydrogens is 433 g/mol. The fraction of sp³-hybridized carbons (Fsp3) is 0.611. The summed E-state index contributed by atoms with van der Waals surface area (Å²) < 4.78 is 16.1. The summed E-state index contributed by atoms with van der Waals surface area (Å²) in [6.45, 7) is 8.90. The lowest BCUT2D eigenvalue weighted by molar-refractivity contribution is 0.0702. The third-order valence-corrected chi connectivity index (χ3v) is 3.24. The number of nitrogens with one attached hydrogen (secondary N) is 2. The first-order valence-electron chi connectivity index (χ1n) is 8.55. The Balaban J connectivity index is 0.00000576. The molecule has 0 aliphatic rings. The summed E-state index contributed by atoms with van der Waals surface area (Å²) in [5.74, 6) is 1.73. The van der Waals surface area contributed by atoms with Crippen LogP contribution in [-0.2, 0) is 9.47 Å². The molecule has 0 amide bonds. The zero-order valence-electron chi connectivity index (χ0n) is 15.5. The van der Waals surface area contributed by atoms with Crippen LogP contribution in [0.1, 0.15) is 18.9 Å². The second-order valence-electron chi connectivity index (χ2n) is 5.26. The minimum atomic E-state index is 0. The van der Waals surface area contributed by atoms with Crippen molar-refractivity contribution >= 4 is 29.9 Å². The molecule has 0 aliphatic heterocycles. The van der Waals surface area contributed by atoms with Crippen LogP contribution in [0, 0.1) is 6.92 Å². The van der Waals surface area contributed by atoms with Gasteiger partial charge in [-0.1, -0.05) is 18.2 Å². The van der Waals surface area contributed by atoms with Crippen molar-refractivity contribution in [2.45, 2.75) is 20.3 Å². The number of nitrogens with zero attached hydrogens (tertiary/aromatic N) is 1. The quantitative estimate of drug-likeness (QED) is 0.215. The van der Waals surface area contributed by atoms with E-state index in [1.54, 1.807) is 7.11 Å². The molecule has 144 valence electrons. The van der Waals surface area contributed by atoms with Crippen LogP contribution in [0.3, 0.4) is 0 Å². The molecular formula is C18H32IN3O3. The first-order valence-corrected chi connectivity index (χ1v) is 8.55. The van der Waals surface area contributed by atoms with Gasteiger partial charge in [0.15, 0.2) is 5.96 Å².